The smallest absolute Gasteiger partial charge is 0.271 e. The zero-order valence-corrected chi connectivity index (χ0v) is 19.2. The van der Waals surface area contributed by atoms with Gasteiger partial charge in [-0.1, -0.05) is 12.1 Å². The van der Waals surface area contributed by atoms with E-state index in [0.717, 1.165) is 42.9 Å². The summed E-state index contributed by atoms with van der Waals surface area (Å²) in [6.45, 7) is 6.78. The molecule has 30 heavy (non-hydrogen) atoms. The Bertz CT molecular complexity index is 990. The third-order valence-electron chi connectivity index (χ3n) is 6.39. The van der Waals surface area contributed by atoms with Gasteiger partial charge in [0, 0.05) is 12.0 Å². The zero-order chi connectivity index (χ0) is 20.0. The van der Waals surface area contributed by atoms with Gasteiger partial charge in [-0.25, -0.2) is 9.48 Å². The number of aryl methyl sites for hydroxylation is 2. The first kappa shape index (κ1) is 21.2. The van der Waals surface area contributed by atoms with Crippen LogP contribution in [0.2, 0.25) is 0 Å². The molecule has 0 amide bonds. The minimum Gasteiger partial charge on any atom is -1.00 e. The summed E-state index contributed by atoms with van der Waals surface area (Å²) in [7, 11) is 0. The average molecular weight is 473 g/mol. The molecule has 0 saturated carbocycles. The lowest BCUT2D eigenvalue weighted by Crippen LogP contribution is -3.00. The molecule has 3 aliphatic heterocycles. The highest BCUT2D eigenvalue weighted by atomic mass is 79.9. The number of fused-ring (bicyclic) bond motifs is 1. The topological polar surface area (TPSA) is 44.9 Å². The molecule has 3 aliphatic rings. The van der Waals surface area contributed by atoms with Gasteiger partial charge in [0.25, 0.3) is 11.6 Å². The third kappa shape index (κ3) is 3.50. The number of rotatable bonds is 2. The highest BCUT2D eigenvalue weighted by Gasteiger charge is 2.52. The molecular weight excluding hydrogens is 444 g/mol. The molecule has 6 heteroatoms. The van der Waals surface area contributed by atoms with Crippen LogP contribution in [0.4, 0.5) is 5.69 Å². The Morgan fingerprint density at radius 1 is 0.967 bits per heavy atom. The van der Waals surface area contributed by atoms with Crippen LogP contribution in [-0.4, -0.2) is 41.8 Å². The number of nitrogens with zero attached hydrogens (tertiary/aromatic N) is 2. The van der Waals surface area contributed by atoms with Crippen molar-refractivity contribution in [3.05, 3.63) is 53.1 Å². The van der Waals surface area contributed by atoms with Gasteiger partial charge in [-0.3, -0.25) is 0 Å². The van der Waals surface area contributed by atoms with Crippen molar-refractivity contribution in [3.8, 4) is 11.5 Å². The fourth-order valence-electron chi connectivity index (χ4n) is 4.84. The quantitative estimate of drug-likeness (QED) is 0.654. The summed E-state index contributed by atoms with van der Waals surface area (Å²) >= 11 is 0. The summed E-state index contributed by atoms with van der Waals surface area (Å²) in [6.07, 6.45) is 4.43. The van der Waals surface area contributed by atoms with E-state index >= 15 is 0 Å². The SMILES string of the molecule is Cc1ccc(C)c(N2CC(O)(c3ccc4c(c3)OCCO4)[N+]3=C2CCCCC3)c1.[Br-]. The van der Waals surface area contributed by atoms with Gasteiger partial charge in [-0.15, -0.1) is 0 Å². The number of hydrogen-bond donors (Lipinski definition) is 1. The Kier molecular flexibility index (Phi) is 5.82. The van der Waals surface area contributed by atoms with Crippen LogP contribution in [-0.2, 0) is 5.72 Å². The van der Waals surface area contributed by atoms with Crippen LogP contribution in [0.3, 0.4) is 0 Å². The Morgan fingerprint density at radius 3 is 2.60 bits per heavy atom. The molecule has 0 saturated heterocycles. The Balaban J connectivity index is 0.00000218. The van der Waals surface area contributed by atoms with Crippen LogP contribution in [0.1, 0.15) is 42.4 Å². The van der Waals surface area contributed by atoms with Gasteiger partial charge in [0.1, 0.15) is 18.9 Å². The summed E-state index contributed by atoms with van der Waals surface area (Å²) in [5, 5.41) is 12.0. The van der Waals surface area contributed by atoms with E-state index in [9.17, 15) is 5.11 Å². The normalized spacial score (nSPS) is 23.0. The summed E-state index contributed by atoms with van der Waals surface area (Å²) in [5.74, 6) is 2.71. The molecule has 0 fully saturated rings. The van der Waals surface area contributed by atoms with E-state index in [0.29, 0.717) is 19.8 Å². The number of anilines is 1. The molecule has 2 aromatic carbocycles. The van der Waals surface area contributed by atoms with Crippen molar-refractivity contribution in [1.29, 1.82) is 0 Å². The van der Waals surface area contributed by atoms with Crippen LogP contribution in [0.15, 0.2) is 36.4 Å². The van der Waals surface area contributed by atoms with Gasteiger partial charge in [-0.2, -0.15) is 0 Å². The molecule has 0 aliphatic carbocycles. The van der Waals surface area contributed by atoms with E-state index in [4.69, 9.17) is 9.47 Å². The molecule has 1 N–H and O–H groups in total. The van der Waals surface area contributed by atoms with E-state index in [2.05, 4.69) is 41.5 Å². The van der Waals surface area contributed by atoms with Crippen molar-refractivity contribution in [1.82, 2.24) is 0 Å². The largest absolute Gasteiger partial charge is 1.00 e. The van der Waals surface area contributed by atoms with Crippen LogP contribution >= 0.6 is 0 Å². The Morgan fingerprint density at radius 2 is 1.77 bits per heavy atom. The van der Waals surface area contributed by atoms with Crippen LogP contribution in [0.25, 0.3) is 0 Å². The number of benzene rings is 2. The molecule has 0 spiro atoms. The zero-order valence-electron chi connectivity index (χ0n) is 17.7. The Hall–Kier alpha value is -2.05. The van der Waals surface area contributed by atoms with Crippen LogP contribution in [0, 0.1) is 13.8 Å². The second-order valence-corrected chi connectivity index (χ2v) is 8.43. The van der Waals surface area contributed by atoms with Gasteiger partial charge in [0.2, 0.25) is 0 Å². The van der Waals surface area contributed by atoms with Gasteiger partial charge < -0.3 is 31.6 Å². The van der Waals surface area contributed by atoms with Crippen molar-refractivity contribution < 1.29 is 36.1 Å². The molecule has 5 rings (SSSR count). The van der Waals surface area contributed by atoms with E-state index in [1.165, 1.54) is 29.1 Å². The first-order chi connectivity index (χ1) is 14.1. The third-order valence-corrected chi connectivity index (χ3v) is 6.39. The molecule has 1 unspecified atom stereocenters. The summed E-state index contributed by atoms with van der Waals surface area (Å²) < 4.78 is 13.7. The van der Waals surface area contributed by atoms with E-state index < -0.39 is 5.72 Å². The van der Waals surface area contributed by atoms with Crippen LogP contribution < -0.4 is 31.4 Å². The van der Waals surface area contributed by atoms with Crippen molar-refractivity contribution in [2.75, 3.05) is 31.2 Å². The average Bonchev–Trinajstić information content (AvgIpc) is 2.88. The lowest BCUT2D eigenvalue weighted by Gasteiger charge is -2.26. The molecule has 0 bridgehead atoms. The van der Waals surface area contributed by atoms with Gasteiger partial charge in [-0.05, 0) is 68.5 Å². The first-order valence-electron chi connectivity index (χ1n) is 10.7. The number of ether oxygens (including phenoxy) is 2. The lowest BCUT2D eigenvalue weighted by molar-refractivity contribution is -0.658. The van der Waals surface area contributed by atoms with Crippen molar-refractivity contribution in [2.24, 2.45) is 0 Å². The minimum absolute atomic E-state index is 0. The van der Waals surface area contributed by atoms with Crippen molar-refractivity contribution >= 4 is 11.5 Å². The monoisotopic (exact) mass is 472 g/mol. The molecule has 1 atom stereocenters. The number of halogens is 1. The predicted octanol–water partition coefficient (Wildman–Crippen LogP) is 0.729. The maximum absolute atomic E-state index is 12.0. The van der Waals surface area contributed by atoms with Gasteiger partial charge in [0.05, 0.1) is 6.54 Å². The molecule has 0 radical (unpaired) electrons. The van der Waals surface area contributed by atoms with E-state index in [-0.39, 0.29) is 17.0 Å². The lowest BCUT2D eigenvalue weighted by atomic mass is 10.0. The highest BCUT2D eigenvalue weighted by Crippen LogP contribution is 2.40. The first-order valence-corrected chi connectivity index (χ1v) is 10.7. The number of β-amino-alcohol motifs (C(OH)–C–C–N with tert-alkyl or cyclic N) is 1. The summed E-state index contributed by atoms with van der Waals surface area (Å²) in [6, 6.07) is 12.4. The number of amidine groups is 1. The highest BCUT2D eigenvalue weighted by molar-refractivity contribution is 5.96. The van der Waals surface area contributed by atoms with Gasteiger partial charge >= 0.3 is 0 Å². The number of aliphatic hydroxyl groups is 1. The van der Waals surface area contributed by atoms with Crippen molar-refractivity contribution in [3.63, 3.8) is 0 Å². The number of hydrogen-bond acceptors (Lipinski definition) is 4. The second-order valence-electron chi connectivity index (χ2n) is 8.43. The maximum Gasteiger partial charge on any atom is 0.271 e. The molecule has 2 aromatic rings. The fourth-order valence-corrected chi connectivity index (χ4v) is 4.84. The fraction of sp³-hybridized carbons (Fsp3) is 0.458. The molecule has 160 valence electrons. The minimum atomic E-state index is -1.08. The molecule has 0 aromatic heterocycles. The standard InChI is InChI=1S/C24H29N2O3.BrH/c1-17-7-8-18(2)20(14-17)25-16-24(27,26-11-5-3-4-6-23(25)26)19-9-10-21-22(15-19)29-13-12-28-21;/h7-10,14-15,27H,3-6,11-13,16H2,1-2H3;1H/q+1;/p-1. The predicted molar refractivity (Wildman–Crippen MR) is 113 cm³/mol. The second kappa shape index (κ2) is 8.23. The van der Waals surface area contributed by atoms with Crippen molar-refractivity contribution in [2.45, 2.75) is 45.3 Å². The van der Waals surface area contributed by atoms with Crippen LogP contribution in [0.5, 0.6) is 11.5 Å². The van der Waals surface area contributed by atoms with E-state index in [1.54, 1.807) is 0 Å². The molecule has 3 heterocycles. The maximum atomic E-state index is 12.0. The summed E-state index contributed by atoms with van der Waals surface area (Å²) in [5.41, 5.74) is 3.46. The molecular formula is C24H29BrN2O3. The van der Waals surface area contributed by atoms with E-state index in [1.807, 2.05) is 18.2 Å². The summed E-state index contributed by atoms with van der Waals surface area (Å²) in [4.78, 5) is 2.34. The van der Waals surface area contributed by atoms with Gasteiger partial charge in [0.15, 0.2) is 18.0 Å². The Labute approximate surface area is 188 Å². The molecule has 5 nitrogen and oxygen atoms in total.